The summed E-state index contributed by atoms with van der Waals surface area (Å²) in [4.78, 5) is 2.79. The molecule has 0 aliphatic rings. The molecule has 0 radical (unpaired) electrons. The summed E-state index contributed by atoms with van der Waals surface area (Å²) in [5.41, 5.74) is 5.26. The Morgan fingerprint density at radius 1 is 1.32 bits per heavy atom. The third-order valence-corrected chi connectivity index (χ3v) is 4.72. The van der Waals surface area contributed by atoms with E-state index in [9.17, 15) is 0 Å². The highest BCUT2D eigenvalue weighted by molar-refractivity contribution is 7.12. The molecule has 19 heavy (non-hydrogen) atoms. The van der Waals surface area contributed by atoms with Gasteiger partial charge in [-0.25, -0.2) is 0 Å². The first-order valence-corrected chi connectivity index (χ1v) is 7.64. The van der Waals surface area contributed by atoms with Crippen molar-refractivity contribution in [2.75, 3.05) is 7.05 Å². The summed E-state index contributed by atoms with van der Waals surface area (Å²) in [6.45, 7) is 10.5. The second-order valence-corrected chi connectivity index (χ2v) is 6.33. The van der Waals surface area contributed by atoms with E-state index in [0.29, 0.717) is 0 Å². The topological polar surface area (TPSA) is 29.9 Å². The normalized spacial score (nSPS) is 11.2. The van der Waals surface area contributed by atoms with Crippen molar-refractivity contribution in [3.05, 3.63) is 38.3 Å². The highest BCUT2D eigenvalue weighted by Crippen LogP contribution is 2.23. The van der Waals surface area contributed by atoms with Gasteiger partial charge in [0, 0.05) is 22.0 Å². The van der Waals surface area contributed by atoms with Crippen LogP contribution >= 0.6 is 11.3 Å². The Labute approximate surface area is 119 Å². The van der Waals surface area contributed by atoms with Gasteiger partial charge < -0.3 is 5.32 Å². The number of nitrogens with one attached hydrogen (secondary N) is 1. The van der Waals surface area contributed by atoms with Crippen LogP contribution in [0.5, 0.6) is 0 Å². The summed E-state index contributed by atoms with van der Waals surface area (Å²) < 4.78 is 2.15. The van der Waals surface area contributed by atoms with Gasteiger partial charge in [-0.2, -0.15) is 5.10 Å². The van der Waals surface area contributed by atoms with Crippen molar-refractivity contribution in [2.24, 2.45) is 0 Å². The molecule has 2 rings (SSSR count). The summed E-state index contributed by atoms with van der Waals surface area (Å²) in [6, 6.07) is 2.30. The zero-order valence-corrected chi connectivity index (χ0v) is 13.3. The third kappa shape index (κ3) is 2.90. The fourth-order valence-corrected chi connectivity index (χ4v) is 3.63. The molecule has 0 bridgehead atoms. The molecule has 0 amide bonds. The first kappa shape index (κ1) is 14.3. The number of hydrogen-bond donors (Lipinski definition) is 1. The third-order valence-electron chi connectivity index (χ3n) is 3.63. The lowest BCUT2D eigenvalue weighted by atomic mass is 10.1. The maximum atomic E-state index is 4.68. The lowest BCUT2D eigenvalue weighted by Crippen LogP contribution is -2.05. The van der Waals surface area contributed by atoms with Gasteiger partial charge in [0.05, 0.1) is 12.2 Å². The largest absolute Gasteiger partial charge is 0.315 e. The van der Waals surface area contributed by atoms with E-state index in [4.69, 9.17) is 0 Å². The second-order valence-electron chi connectivity index (χ2n) is 4.99. The van der Waals surface area contributed by atoms with E-state index in [0.717, 1.165) is 19.5 Å². The molecular weight excluding hydrogens is 254 g/mol. The van der Waals surface area contributed by atoms with Gasteiger partial charge in [0.2, 0.25) is 0 Å². The quantitative estimate of drug-likeness (QED) is 0.909. The predicted octanol–water partition coefficient (Wildman–Crippen LogP) is 3.20. The molecule has 2 heterocycles. The van der Waals surface area contributed by atoms with Crippen molar-refractivity contribution >= 4 is 11.3 Å². The molecule has 4 heteroatoms. The summed E-state index contributed by atoms with van der Waals surface area (Å²) in [5.74, 6) is 0. The molecule has 0 saturated heterocycles. The van der Waals surface area contributed by atoms with Crippen LogP contribution in [0.4, 0.5) is 0 Å². The van der Waals surface area contributed by atoms with Crippen molar-refractivity contribution in [3.63, 3.8) is 0 Å². The van der Waals surface area contributed by atoms with Crippen LogP contribution in [0, 0.1) is 20.8 Å². The SMILES string of the molecule is CCc1c(C)nn(Cc2cc(CNC)sc2C)c1C. The van der Waals surface area contributed by atoms with Crippen LogP contribution in [0.15, 0.2) is 6.07 Å². The van der Waals surface area contributed by atoms with Gasteiger partial charge in [0.15, 0.2) is 0 Å². The average molecular weight is 277 g/mol. The Bertz CT molecular complexity index is 566. The maximum absolute atomic E-state index is 4.68. The van der Waals surface area contributed by atoms with Crippen LogP contribution < -0.4 is 5.32 Å². The minimum atomic E-state index is 0.888. The molecule has 0 spiro atoms. The number of aromatic nitrogens is 2. The minimum Gasteiger partial charge on any atom is -0.315 e. The number of aryl methyl sites for hydroxylation is 2. The summed E-state index contributed by atoms with van der Waals surface area (Å²) in [7, 11) is 1.99. The minimum absolute atomic E-state index is 0.888. The molecule has 1 N–H and O–H groups in total. The molecule has 0 fully saturated rings. The van der Waals surface area contributed by atoms with Crippen LogP contribution in [-0.4, -0.2) is 16.8 Å². The van der Waals surface area contributed by atoms with Gasteiger partial charge >= 0.3 is 0 Å². The lowest BCUT2D eigenvalue weighted by Gasteiger charge is -2.04. The number of hydrogen-bond acceptors (Lipinski definition) is 3. The molecule has 0 atom stereocenters. The molecule has 0 aliphatic heterocycles. The number of nitrogens with zero attached hydrogens (tertiary/aromatic N) is 2. The van der Waals surface area contributed by atoms with Crippen LogP contribution in [0.3, 0.4) is 0 Å². The Kier molecular flexibility index (Phi) is 4.42. The monoisotopic (exact) mass is 277 g/mol. The van der Waals surface area contributed by atoms with Crippen LogP contribution in [0.25, 0.3) is 0 Å². The fourth-order valence-electron chi connectivity index (χ4n) is 2.57. The Balaban J connectivity index is 2.26. The van der Waals surface area contributed by atoms with E-state index < -0.39 is 0 Å². The zero-order chi connectivity index (χ0) is 14.0. The first-order valence-electron chi connectivity index (χ1n) is 6.82. The van der Waals surface area contributed by atoms with E-state index in [1.165, 1.54) is 32.3 Å². The van der Waals surface area contributed by atoms with Crippen molar-refractivity contribution in [1.82, 2.24) is 15.1 Å². The molecule has 0 aromatic carbocycles. The number of thiophene rings is 1. The molecule has 2 aromatic rings. The van der Waals surface area contributed by atoms with Crippen LogP contribution in [-0.2, 0) is 19.5 Å². The van der Waals surface area contributed by atoms with Crippen molar-refractivity contribution in [3.8, 4) is 0 Å². The van der Waals surface area contributed by atoms with Crippen molar-refractivity contribution < 1.29 is 0 Å². The predicted molar refractivity (Wildman–Crippen MR) is 82.0 cm³/mol. The average Bonchev–Trinajstić information content (AvgIpc) is 2.82. The van der Waals surface area contributed by atoms with Gasteiger partial charge in [-0.1, -0.05) is 6.92 Å². The smallest absolute Gasteiger partial charge is 0.0673 e. The molecule has 2 aromatic heterocycles. The van der Waals surface area contributed by atoms with Gasteiger partial charge in [-0.05, 0) is 51.4 Å². The van der Waals surface area contributed by atoms with E-state index in [1.807, 2.05) is 18.4 Å². The van der Waals surface area contributed by atoms with Crippen molar-refractivity contribution in [1.29, 1.82) is 0 Å². The molecule has 0 aliphatic carbocycles. The zero-order valence-electron chi connectivity index (χ0n) is 12.5. The lowest BCUT2D eigenvalue weighted by molar-refractivity contribution is 0.657. The highest BCUT2D eigenvalue weighted by atomic mass is 32.1. The summed E-state index contributed by atoms with van der Waals surface area (Å²) in [6.07, 6.45) is 1.06. The Hall–Kier alpha value is -1.13. The summed E-state index contributed by atoms with van der Waals surface area (Å²) in [5, 5.41) is 7.89. The second kappa shape index (κ2) is 5.88. The molecule has 3 nitrogen and oxygen atoms in total. The fraction of sp³-hybridized carbons (Fsp3) is 0.533. The van der Waals surface area contributed by atoms with Gasteiger partial charge in [-0.3, -0.25) is 4.68 Å². The maximum Gasteiger partial charge on any atom is 0.0673 e. The van der Waals surface area contributed by atoms with Gasteiger partial charge in [-0.15, -0.1) is 11.3 Å². The molecule has 0 unspecified atom stereocenters. The van der Waals surface area contributed by atoms with E-state index in [-0.39, 0.29) is 0 Å². The van der Waals surface area contributed by atoms with Crippen LogP contribution in [0.2, 0.25) is 0 Å². The molecule has 0 saturated carbocycles. The molecular formula is C15H23N3S. The molecule has 104 valence electrons. The Morgan fingerprint density at radius 2 is 2.05 bits per heavy atom. The number of rotatable bonds is 5. The van der Waals surface area contributed by atoms with Crippen LogP contribution in [0.1, 0.15) is 39.2 Å². The first-order chi connectivity index (χ1) is 9.06. The summed E-state index contributed by atoms with van der Waals surface area (Å²) >= 11 is 1.88. The van der Waals surface area contributed by atoms with Gasteiger partial charge in [0.1, 0.15) is 0 Å². The van der Waals surface area contributed by atoms with Gasteiger partial charge in [0.25, 0.3) is 0 Å². The van der Waals surface area contributed by atoms with E-state index in [1.54, 1.807) is 0 Å². The standard InChI is InChI=1S/C15H23N3S/c1-6-15-10(2)17-18(11(15)3)9-13-7-14(8-16-5)19-12(13)4/h7,16H,6,8-9H2,1-5H3. The van der Waals surface area contributed by atoms with E-state index >= 15 is 0 Å². The highest BCUT2D eigenvalue weighted by Gasteiger charge is 2.12. The van der Waals surface area contributed by atoms with E-state index in [2.05, 4.69) is 48.9 Å². The Morgan fingerprint density at radius 3 is 2.63 bits per heavy atom. The van der Waals surface area contributed by atoms with Crippen molar-refractivity contribution in [2.45, 2.75) is 47.2 Å².